The van der Waals surface area contributed by atoms with Crippen LogP contribution < -0.4 is 0 Å². The van der Waals surface area contributed by atoms with Crippen molar-refractivity contribution in [3.8, 4) is 0 Å². The number of rotatable bonds is 7. The summed E-state index contributed by atoms with van der Waals surface area (Å²) in [5.74, 6) is -1.26. The van der Waals surface area contributed by atoms with Crippen molar-refractivity contribution in [1.29, 1.82) is 0 Å². The first-order valence-electron chi connectivity index (χ1n) is 6.65. The number of hydrogen-bond acceptors (Lipinski definition) is 3. The summed E-state index contributed by atoms with van der Waals surface area (Å²) in [7, 11) is 0. The summed E-state index contributed by atoms with van der Waals surface area (Å²) in [4.78, 5) is 25.1. The molecule has 0 saturated carbocycles. The van der Waals surface area contributed by atoms with Crippen molar-refractivity contribution in [2.75, 3.05) is 13.1 Å². The Bertz CT molecular complexity index is 448. The van der Waals surface area contributed by atoms with E-state index in [4.69, 9.17) is 5.11 Å². The maximum Gasteiger partial charge on any atom is 0.356 e. The number of carbonyl (C=O) groups is 2. The highest BCUT2D eigenvalue weighted by Gasteiger charge is 2.21. The monoisotopic (exact) mass is 267 g/mol. The summed E-state index contributed by atoms with van der Waals surface area (Å²) >= 11 is 0. The van der Waals surface area contributed by atoms with E-state index >= 15 is 0 Å². The lowest BCUT2D eigenvalue weighted by molar-refractivity contribution is 0.0688. The topological polar surface area (TPSA) is 75.4 Å². The van der Waals surface area contributed by atoms with Gasteiger partial charge in [0.25, 0.3) is 5.91 Å². The van der Waals surface area contributed by atoms with Crippen molar-refractivity contribution >= 4 is 11.9 Å². The molecule has 0 bridgehead atoms. The average Bonchev–Trinajstić information content (AvgIpc) is 2.82. The molecule has 0 radical (unpaired) electrons. The molecule has 0 aliphatic heterocycles. The standard InChI is InChI=1S/C13H21N3O3/c1-4-7-15(8-5-2)12(17)11-9-10(13(18)19)14-16(11)6-3/h9H,4-8H2,1-3H3,(H,18,19). The number of aromatic nitrogens is 2. The quantitative estimate of drug-likeness (QED) is 0.818. The highest BCUT2D eigenvalue weighted by molar-refractivity contribution is 5.95. The van der Waals surface area contributed by atoms with Gasteiger partial charge in [0.15, 0.2) is 5.69 Å². The number of nitrogens with zero attached hydrogens (tertiary/aromatic N) is 3. The van der Waals surface area contributed by atoms with E-state index in [0.717, 1.165) is 12.8 Å². The fourth-order valence-corrected chi connectivity index (χ4v) is 1.95. The van der Waals surface area contributed by atoms with Crippen LogP contribution in [0, 0.1) is 0 Å². The zero-order chi connectivity index (χ0) is 14.4. The van der Waals surface area contributed by atoms with Crippen LogP contribution in [0.1, 0.15) is 54.6 Å². The average molecular weight is 267 g/mol. The van der Waals surface area contributed by atoms with Gasteiger partial charge in [0.2, 0.25) is 0 Å². The molecule has 0 unspecified atom stereocenters. The van der Waals surface area contributed by atoms with Crippen molar-refractivity contribution in [2.24, 2.45) is 0 Å². The summed E-state index contributed by atoms with van der Waals surface area (Å²) in [5, 5.41) is 12.9. The van der Waals surface area contributed by atoms with Crippen molar-refractivity contribution in [3.63, 3.8) is 0 Å². The summed E-state index contributed by atoms with van der Waals surface area (Å²) in [6, 6.07) is 1.35. The summed E-state index contributed by atoms with van der Waals surface area (Å²) in [5.41, 5.74) is 0.264. The van der Waals surface area contributed by atoms with Crippen molar-refractivity contribution in [2.45, 2.75) is 40.2 Å². The molecule has 1 amide bonds. The smallest absolute Gasteiger partial charge is 0.356 e. The Kier molecular flexibility index (Phi) is 5.54. The molecular weight excluding hydrogens is 246 g/mol. The largest absolute Gasteiger partial charge is 0.476 e. The second-order valence-electron chi connectivity index (χ2n) is 4.33. The van der Waals surface area contributed by atoms with E-state index in [0.29, 0.717) is 25.3 Å². The van der Waals surface area contributed by atoms with Gasteiger partial charge in [-0.15, -0.1) is 0 Å². The second kappa shape index (κ2) is 6.92. The van der Waals surface area contributed by atoms with Crippen LogP contribution >= 0.6 is 0 Å². The highest BCUT2D eigenvalue weighted by atomic mass is 16.4. The predicted octanol–water partition coefficient (Wildman–Crippen LogP) is 1.86. The molecule has 0 saturated heterocycles. The second-order valence-corrected chi connectivity index (χ2v) is 4.33. The third-order valence-electron chi connectivity index (χ3n) is 2.79. The first-order valence-corrected chi connectivity index (χ1v) is 6.65. The molecule has 1 aromatic rings. The maximum atomic E-state index is 12.4. The van der Waals surface area contributed by atoms with Crippen LogP contribution in [0.5, 0.6) is 0 Å². The lowest BCUT2D eigenvalue weighted by Gasteiger charge is -2.21. The Balaban J connectivity index is 3.05. The van der Waals surface area contributed by atoms with Crippen molar-refractivity contribution in [1.82, 2.24) is 14.7 Å². The van der Waals surface area contributed by atoms with Crippen molar-refractivity contribution in [3.05, 3.63) is 17.5 Å². The van der Waals surface area contributed by atoms with Crippen LogP contribution in [0.3, 0.4) is 0 Å². The summed E-state index contributed by atoms with van der Waals surface area (Å²) in [6.45, 7) is 7.67. The third kappa shape index (κ3) is 3.56. The van der Waals surface area contributed by atoms with E-state index in [1.54, 1.807) is 4.90 Å². The van der Waals surface area contributed by atoms with Crippen molar-refractivity contribution < 1.29 is 14.7 Å². The molecule has 19 heavy (non-hydrogen) atoms. The van der Waals surface area contributed by atoms with E-state index in [-0.39, 0.29) is 11.6 Å². The molecule has 106 valence electrons. The number of aromatic carboxylic acids is 1. The van der Waals surface area contributed by atoms with Crippen LogP contribution in [0.25, 0.3) is 0 Å². The molecule has 6 heteroatoms. The number of amides is 1. The van der Waals surface area contributed by atoms with Gasteiger partial charge >= 0.3 is 5.97 Å². The zero-order valence-electron chi connectivity index (χ0n) is 11.7. The van der Waals surface area contributed by atoms with Gasteiger partial charge in [-0.05, 0) is 19.8 Å². The van der Waals surface area contributed by atoms with Crippen LogP contribution in [-0.4, -0.2) is 44.8 Å². The minimum absolute atomic E-state index is 0.0850. The lowest BCUT2D eigenvalue weighted by Crippen LogP contribution is -2.34. The number of hydrogen-bond donors (Lipinski definition) is 1. The van der Waals surface area contributed by atoms with E-state index < -0.39 is 5.97 Å². The van der Waals surface area contributed by atoms with Gasteiger partial charge in [-0.25, -0.2) is 4.79 Å². The van der Waals surface area contributed by atoms with Gasteiger partial charge in [0, 0.05) is 25.7 Å². The SMILES string of the molecule is CCCN(CCC)C(=O)c1cc(C(=O)O)nn1CC. The molecule has 1 aromatic heterocycles. The molecule has 6 nitrogen and oxygen atoms in total. The maximum absolute atomic E-state index is 12.4. The molecule has 1 N–H and O–H groups in total. The van der Waals surface area contributed by atoms with Gasteiger partial charge in [0.1, 0.15) is 5.69 Å². The van der Waals surface area contributed by atoms with E-state index in [1.807, 2.05) is 20.8 Å². The molecular formula is C13H21N3O3. The number of carbonyl (C=O) groups excluding carboxylic acids is 1. The number of carboxylic acids is 1. The normalized spacial score (nSPS) is 10.5. The highest BCUT2D eigenvalue weighted by Crippen LogP contribution is 2.10. The Morgan fingerprint density at radius 2 is 1.84 bits per heavy atom. The lowest BCUT2D eigenvalue weighted by atomic mass is 10.2. The van der Waals surface area contributed by atoms with E-state index in [2.05, 4.69) is 5.10 Å². The number of carboxylic acid groups (broad SMARTS) is 1. The summed E-state index contributed by atoms with van der Waals surface area (Å²) < 4.78 is 1.45. The van der Waals surface area contributed by atoms with Gasteiger partial charge in [-0.3, -0.25) is 9.48 Å². The van der Waals surface area contributed by atoms with Gasteiger partial charge in [-0.1, -0.05) is 13.8 Å². The Hall–Kier alpha value is -1.85. The van der Waals surface area contributed by atoms with Gasteiger partial charge in [-0.2, -0.15) is 5.10 Å². The third-order valence-corrected chi connectivity index (χ3v) is 2.79. The first-order chi connectivity index (χ1) is 9.04. The van der Waals surface area contributed by atoms with Gasteiger partial charge in [0.05, 0.1) is 0 Å². The first kappa shape index (κ1) is 15.2. The Morgan fingerprint density at radius 3 is 2.26 bits per heavy atom. The van der Waals surface area contributed by atoms with Crippen LogP contribution in [0.15, 0.2) is 6.07 Å². The minimum Gasteiger partial charge on any atom is -0.476 e. The molecule has 1 rings (SSSR count). The molecule has 0 aromatic carbocycles. The van der Waals surface area contributed by atoms with Gasteiger partial charge < -0.3 is 10.0 Å². The molecule has 0 fully saturated rings. The molecule has 0 spiro atoms. The fourth-order valence-electron chi connectivity index (χ4n) is 1.95. The molecule has 0 aliphatic carbocycles. The van der Waals surface area contributed by atoms with Crippen LogP contribution in [-0.2, 0) is 6.54 Å². The zero-order valence-corrected chi connectivity index (χ0v) is 11.7. The van der Waals surface area contributed by atoms with E-state index in [1.165, 1.54) is 10.7 Å². The molecule has 0 aliphatic rings. The van der Waals surface area contributed by atoms with Crippen LogP contribution in [0.4, 0.5) is 0 Å². The predicted molar refractivity (Wildman–Crippen MR) is 71.3 cm³/mol. The van der Waals surface area contributed by atoms with Crippen LogP contribution in [0.2, 0.25) is 0 Å². The Morgan fingerprint density at radius 1 is 1.26 bits per heavy atom. The minimum atomic E-state index is -1.11. The Labute approximate surface area is 113 Å². The number of aryl methyl sites for hydroxylation is 1. The molecule has 1 heterocycles. The molecule has 0 atom stereocenters. The fraction of sp³-hybridized carbons (Fsp3) is 0.615. The summed E-state index contributed by atoms with van der Waals surface area (Å²) in [6.07, 6.45) is 1.75. The van der Waals surface area contributed by atoms with E-state index in [9.17, 15) is 9.59 Å².